The molecule has 0 aromatic heterocycles. The minimum absolute atomic E-state index is 0.00870. The number of rotatable bonds is 3. The Hall–Kier alpha value is -2.13. The largest absolute Gasteiger partial charge is 0.592 e. The Morgan fingerprint density at radius 1 is 1.36 bits per heavy atom. The number of hydrogen-bond acceptors (Lipinski definition) is 6. The molecule has 1 heterocycles. The molecule has 0 amide bonds. The van der Waals surface area contributed by atoms with Crippen LogP contribution in [0.4, 0.5) is 0 Å². The van der Waals surface area contributed by atoms with Crippen LogP contribution < -0.4 is 5.32 Å². The SMILES string of the molecule is [O-][N+](=NO)C(C1=NCCN1)[N+]([O-])=NO. The minimum atomic E-state index is -1.63. The predicted molar refractivity (Wildman–Crippen MR) is 39.8 cm³/mol. The predicted octanol–water partition coefficient (Wildman–Crippen LogP) is -0.982. The van der Waals surface area contributed by atoms with E-state index in [2.05, 4.69) is 20.9 Å². The van der Waals surface area contributed by atoms with Crippen molar-refractivity contribution in [3.05, 3.63) is 10.4 Å². The fraction of sp³-hybridized carbons (Fsp3) is 0.750. The maximum absolute atomic E-state index is 10.9. The average Bonchev–Trinajstić information content (AvgIpc) is 2.70. The Balaban J connectivity index is 2.93. The van der Waals surface area contributed by atoms with E-state index in [1.807, 2.05) is 0 Å². The molecule has 0 aliphatic carbocycles. The summed E-state index contributed by atoms with van der Waals surface area (Å²) < 4.78 is 0. The second-order valence-electron chi connectivity index (χ2n) is 2.35. The maximum Gasteiger partial charge on any atom is 0.473 e. The topological polar surface area (TPSA) is 142 Å². The molecular weight excluding hydrogens is 196 g/mol. The molecule has 0 aromatic carbocycles. The van der Waals surface area contributed by atoms with Gasteiger partial charge in [-0.3, -0.25) is 4.99 Å². The summed E-state index contributed by atoms with van der Waals surface area (Å²) in [5.74, 6) is -0.00870. The monoisotopic (exact) mass is 204 g/mol. The molecule has 0 radical (unpaired) electrons. The van der Waals surface area contributed by atoms with Crippen LogP contribution in [0.25, 0.3) is 0 Å². The van der Waals surface area contributed by atoms with E-state index in [0.29, 0.717) is 13.1 Å². The summed E-state index contributed by atoms with van der Waals surface area (Å²) in [4.78, 5) is 3.10. The summed E-state index contributed by atoms with van der Waals surface area (Å²) in [7, 11) is 0. The molecular formula is C4H8N6O4. The van der Waals surface area contributed by atoms with Crippen LogP contribution in [0, 0.1) is 10.4 Å². The van der Waals surface area contributed by atoms with Gasteiger partial charge in [-0.05, 0) is 0 Å². The highest BCUT2D eigenvalue weighted by molar-refractivity contribution is 5.86. The minimum Gasteiger partial charge on any atom is -0.592 e. The van der Waals surface area contributed by atoms with E-state index in [0.717, 1.165) is 0 Å². The number of amidine groups is 1. The zero-order valence-corrected chi connectivity index (χ0v) is 6.94. The van der Waals surface area contributed by atoms with Crippen molar-refractivity contribution in [2.75, 3.05) is 13.1 Å². The van der Waals surface area contributed by atoms with Crippen molar-refractivity contribution in [1.82, 2.24) is 5.32 Å². The number of hydroxylamine groups is 2. The van der Waals surface area contributed by atoms with Crippen molar-refractivity contribution in [1.29, 1.82) is 0 Å². The van der Waals surface area contributed by atoms with Gasteiger partial charge in [0.15, 0.2) is 0 Å². The molecule has 1 aliphatic rings. The third-order valence-electron chi connectivity index (χ3n) is 1.54. The molecule has 0 saturated carbocycles. The summed E-state index contributed by atoms with van der Waals surface area (Å²) in [6, 6.07) is 0. The fourth-order valence-electron chi connectivity index (χ4n) is 0.981. The van der Waals surface area contributed by atoms with Crippen molar-refractivity contribution in [3.63, 3.8) is 0 Å². The molecule has 14 heavy (non-hydrogen) atoms. The van der Waals surface area contributed by atoms with E-state index in [4.69, 9.17) is 10.4 Å². The summed E-state index contributed by atoms with van der Waals surface area (Å²) >= 11 is 0. The summed E-state index contributed by atoms with van der Waals surface area (Å²) in [5, 5.41) is 45.2. The number of nitrogens with one attached hydrogen (secondary N) is 1. The van der Waals surface area contributed by atoms with Gasteiger partial charge in [0.1, 0.15) is 0 Å². The van der Waals surface area contributed by atoms with E-state index in [-0.39, 0.29) is 15.6 Å². The van der Waals surface area contributed by atoms with E-state index >= 15 is 0 Å². The number of hydrogen-bond donors (Lipinski definition) is 3. The zero-order chi connectivity index (χ0) is 10.6. The Kier molecular flexibility index (Phi) is 2.99. The van der Waals surface area contributed by atoms with Gasteiger partial charge in [0.05, 0.1) is 6.54 Å². The van der Waals surface area contributed by atoms with Gasteiger partial charge in [-0.25, -0.2) is 0 Å². The van der Waals surface area contributed by atoms with Crippen LogP contribution in [0.15, 0.2) is 15.5 Å². The molecule has 0 saturated heterocycles. The standard InChI is InChI=1S/C4H8N6O4/c11-7-9(13)4(10(14)8-12)3-5-1-2-6-3/h4,11-12H,1-2H2,(H,5,6). The second kappa shape index (κ2) is 4.20. The number of nitrogens with zero attached hydrogens (tertiary/aromatic N) is 5. The van der Waals surface area contributed by atoms with Gasteiger partial charge in [-0.1, -0.05) is 0 Å². The third kappa shape index (κ3) is 1.78. The molecule has 1 rings (SSSR count). The molecule has 3 N–H and O–H groups in total. The van der Waals surface area contributed by atoms with E-state index in [1.54, 1.807) is 0 Å². The lowest BCUT2D eigenvalue weighted by Crippen LogP contribution is -2.43. The lowest BCUT2D eigenvalue weighted by molar-refractivity contribution is -0.776. The van der Waals surface area contributed by atoms with Gasteiger partial charge in [0, 0.05) is 16.3 Å². The zero-order valence-electron chi connectivity index (χ0n) is 6.94. The quantitative estimate of drug-likeness (QED) is 0.234. The lowest BCUT2D eigenvalue weighted by atomic mass is 10.5. The molecule has 0 atom stereocenters. The van der Waals surface area contributed by atoms with Gasteiger partial charge in [0.2, 0.25) is 16.4 Å². The highest BCUT2D eigenvalue weighted by atomic mass is 16.6. The van der Waals surface area contributed by atoms with Crippen molar-refractivity contribution < 1.29 is 20.1 Å². The van der Waals surface area contributed by atoms with Crippen LogP contribution in [0.1, 0.15) is 0 Å². The fourth-order valence-corrected chi connectivity index (χ4v) is 0.981. The molecule has 0 aromatic rings. The average molecular weight is 204 g/mol. The Morgan fingerprint density at radius 2 is 1.93 bits per heavy atom. The van der Waals surface area contributed by atoms with Crippen molar-refractivity contribution in [2.24, 2.45) is 15.5 Å². The van der Waals surface area contributed by atoms with E-state index < -0.39 is 6.17 Å². The molecule has 0 fully saturated rings. The highest BCUT2D eigenvalue weighted by Crippen LogP contribution is 2.00. The smallest absolute Gasteiger partial charge is 0.473 e. The van der Waals surface area contributed by atoms with Gasteiger partial charge in [0.25, 0.3) is 0 Å². The second-order valence-corrected chi connectivity index (χ2v) is 2.35. The number of aliphatic imine (C=N–C) groups is 1. The first-order chi connectivity index (χ1) is 6.70. The van der Waals surface area contributed by atoms with Crippen LogP contribution in [-0.2, 0) is 0 Å². The Labute approximate surface area is 77.6 Å². The van der Waals surface area contributed by atoms with E-state index in [1.165, 1.54) is 0 Å². The molecule has 10 nitrogen and oxygen atoms in total. The molecule has 78 valence electrons. The third-order valence-corrected chi connectivity index (χ3v) is 1.54. The van der Waals surface area contributed by atoms with Crippen LogP contribution in [-0.4, -0.2) is 45.2 Å². The summed E-state index contributed by atoms with van der Waals surface area (Å²) in [6.45, 7) is 0.856. The molecule has 0 spiro atoms. The molecule has 1 aliphatic heterocycles. The molecule has 0 unspecified atom stereocenters. The molecule has 0 bridgehead atoms. The normalized spacial score (nSPS) is 20.1. The molecule has 10 heteroatoms. The van der Waals surface area contributed by atoms with Crippen LogP contribution in [0.2, 0.25) is 0 Å². The first-order valence-corrected chi connectivity index (χ1v) is 3.61. The summed E-state index contributed by atoms with van der Waals surface area (Å²) in [6.07, 6.45) is -1.63. The van der Waals surface area contributed by atoms with Gasteiger partial charge in [-0.15, -0.1) is 0 Å². The summed E-state index contributed by atoms with van der Waals surface area (Å²) in [5.41, 5.74) is 0. The van der Waals surface area contributed by atoms with Gasteiger partial charge >= 0.3 is 6.17 Å². The van der Waals surface area contributed by atoms with Gasteiger partial charge < -0.3 is 26.1 Å². The first kappa shape index (κ1) is 9.95. The Morgan fingerprint density at radius 3 is 2.29 bits per heavy atom. The highest BCUT2D eigenvalue weighted by Gasteiger charge is 2.38. The lowest BCUT2D eigenvalue weighted by Gasteiger charge is -2.08. The Bertz CT molecular complexity index is 280. The van der Waals surface area contributed by atoms with Crippen LogP contribution >= 0.6 is 0 Å². The van der Waals surface area contributed by atoms with Crippen molar-refractivity contribution >= 4 is 5.84 Å². The van der Waals surface area contributed by atoms with Crippen molar-refractivity contribution in [2.45, 2.75) is 6.17 Å². The van der Waals surface area contributed by atoms with Crippen LogP contribution in [0.3, 0.4) is 0 Å². The van der Waals surface area contributed by atoms with Crippen molar-refractivity contribution in [3.8, 4) is 0 Å². The maximum atomic E-state index is 10.9. The first-order valence-electron chi connectivity index (χ1n) is 3.61. The van der Waals surface area contributed by atoms with E-state index in [9.17, 15) is 10.4 Å². The van der Waals surface area contributed by atoms with Gasteiger partial charge in [-0.2, -0.15) is 0 Å². The van der Waals surface area contributed by atoms with Crippen LogP contribution in [0.5, 0.6) is 0 Å².